The normalized spacial score (nSPS) is 10.7. The Morgan fingerprint density at radius 1 is 1.05 bits per heavy atom. The van der Waals surface area contributed by atoms with Gasteiger partial charge in [0, 0.05) is 21.5 Å². The van der Waals surface area contributed by atoms with Gasteiger partial charge in [-0.15, -0.1) is 11.3 Å². The Balaban J connectivity index is 2.02. The molecular formula is C15H9Cl2NOS. The molecule has 2 aromatic carbocycles. The zero-order chi connectivity index (χ0) is 14.1. The Bertz CT molecular complexity index is 770. The van der Waals surface area contributed by atoms with Crippen molar-refractivity contribution in [2.75, 3.05) is 0 Å². The lowest BCUT2D eigenvalue weighted by Gasteiger charge is -2.01. The Labute approximate surface area is 130 Å². The predicted octanol–water partition coefficient (Wildman–Crippen LogP) is 5.49. The van der Waals surface area contributed by atoms with Crippen molar-refractivity contribution < 1.29 is 5.11 Å². The SMILES string of the molecule is Oc1cccc(-c2nc(-c3ccc(Cl)cc3Cl)cs2)c1. The van der Waals surface area contributed by atoms with Gasteiger partial charge >= 0.3 is 0 Å². The van der Waals surface area contributed by atoms with Crippen LogP contribution >= 0.6 is 34.5 Å². The molecule has 0 radical (unpaired) electrons. The standard InChI is InChI=1S/C15H9Cl2NOS/c16-10-4-5-12(13(17)7-10)14-8-20-15(18-14)9-2-1-3-11(19)6-9/h1-8,19H. The van der Waals surface area contributed by atoms with Gasteiger partial charge in [0.05, 0.1) is 10.7 Å². The third-order valence-electron chi connectivity index (χ3n) is 2.80. The largest absolute Gasteiger partial charge is 0.508 e. The van der Waals surface area contributed by atoms with E-state index in [0.717, 1.165) is 21.8 Å². The fourth-order valence-electron chi connectivity index (χ4n) is 1.87. The summed E-state index contributed by atoms with van der Waals surface area (Å²) in [5.41, 5.74) is 2.53. The molecule has 1 heterocycles. The average molecular weight is 322 g/mol. The summed E-state index contributed by atoms with van der Waals surface area (Å²) in [7, 11) is 0. The summed E-state index contributed by atoms with van der Waals surface area (Å²) < 4.78 is 0. The van der Waals surface area contributed by atoms with Crippen LogP contribution in [0.5, 0.6) is 5.75 Å². The first-order valence-corrected chi connectivity index (χ1v) is 7.47. The molecule has 1 N–H and O–H groups in total. The maximum atomic E-state index is 9.51. The van der Waals surface area contributed by atoms with E-state index in [1.165, 1.54) is 11.3 Å². The highest BCUT2D eigenvalue weighted by atomic mass is 35.5. The van der Waals surface area contributed by atoms with Crippen molar-refractivity contribution in [3.8, 4) is 27.6 Å². The molecule has 0 aliphatic rings. The molecule has 3 rings (SSSR count). The van der Waals surface area contributed by atoms with Crippen LogP contribution in [0.4, 0.5) is 0 Å². The minimum atomic E-state index is 0.226. The summed E-state index contributed by atoms with van der Waals surface area (Å²) in [6.07, 6.45) is 0. The molecule has 0 atom stereocenters. The maximum Gasteiger partial charge on any atom is 0.124 e. The van der Waals surface area contributed by atoms with Gasteiger partial charge in [-0.25, -0.2) is 4.98 Å². The van der Waals surface area contributed by atoms with Crippen molar-refractivity contribution in [1.29, 1.82) is 0 Å². The van der Waals surface area contributed by atoms with Crippen LogP contribution in [0.15, 0.2) is 47.8 Å². The Morgan fingerprint density at radius 2 is 1.90 bits per heavy atom. The first-order valence-electron chi connectivity index (χ1n) is 5.84. The van der Waals surface area contributed by atoms with Crippen LogP contribution in [0, 0.1) is 0 Å². The van der Waals surface area contributed by atoms with E-state index in [1.54, 1.807) is 30.3 Å². The number of phenolic OH excluding ortho intramolecular Hbond substituents is 1. The zero-order valence-corrected chi connectivity index (χ0v) is 12.5. The summed E-state index contributed by atoms with van der Waals surface area (Å²) in [5, 5.41) is 13.5. The monoisotopic (exact) mass is 321 g/mol. The first kappa shape index (κ1) is 13.4. The Kier molecular flexibility index (Phi) is 3.66. The number of nitrogens with zero attached hydrogens (tertiary/aromatic N) is 1. The van der Waals surface area contributed by atoms with E-state index >= 15 is 0 Å². The Morgan fingerprint density at radius 3 is 2.65 bits per heavy atom. The molecule has 5 heteroatoms. The fraction of sp³-hybridized carbons (Fsp3) is 0. The quantitative estimate of drug-likeness (QED) is 0.677. The second-order valence-electron chi connectivity index (χ2n) is 4.21. The summed E-state index contributed by atoms with van der Waals surface area (Å²) in [6.45, 7) is 0. The summed E-state index contributed by atoms with van der Waals surface area (Å²) in [4.78, 5) is 4.56. The Hall–Kier alpha value is -1.55. The van der Waals surface area contributed by atoms with Gasteiger partial charge in [-0.3, -0.25) is 0 Å². The number of phenols is 1. The van der Waals surface area contributed by atoms with Crippen molar-refractivity contribution in [3.63, 3.8) is 0 Å². The van der Waals surface area contributed by atoms with Crippen molar-refractivity contribution in [2.45, 2.75) is 0 Å². The van der Waals surface area contributed by atoms with Crippen LogP contribution in [0.2, 0.25) is 10.0 Å². The minimum absolute atomic E-state index is 0.226. The second kappa shape index (κ2) is 5.44. The highest BCUT2D eigenvalue weighted by Crippen LogP contribution is 2.34. The molecule has 3 aromatic rings. The van der Waals surface area contributed by atoms with Crippen molar-refractivity contribution in [1.82, 2.24) is 4.98 Å². The van der Waals surface area contributed by atoms with E-state index in [0.29, 0.717) is 10.0 Å². The molecule has 0 fully saturated rings. The van der Waals surface area contributed by atoms with Crippen molar-refractivity contribution in [2.24, 2.45) is 0 Å². The molecule has 0 amide bonds. The molecule has 0 bridgehead atoms. The molecule has 0 aliphatic carbocycles. The first-order chi connectivity index (χ1) is 9.63. The molecule has 0 saturated heterocycles. The molecule has 1 aromatic heterocycles. The molecule has 0 spiro atoms. The van der Waals surface area contributed by atoms with Gasteiger partial charge in [-0.1, -0.05) is 35.3 Å². The van der Waals surface area contributed by atoms with Crippen LogP contribution < -0.4 is 0 Å². The lowest BCUT2D eigenvalue weighted by molar-refractivity contribution is 0.475. The minimum Gasteiger partial charge on any atom is -0.508 e. The van der Waals surface area contributed by atoms with Crippen LogP contribution in [0.3, 0.4) is 0 Å². The number of aromatic nitrogens is 1. The smallest absolute Gasteiger partial charge is 0.124 e. The number of aromatic hydroxyl groups is 1. The van der Waals surface area contributed by atoms with Gasteiger partial charge in [-0.2, -0.15) is 0 Å². The van der Waals surface area contributed by atoms with E-state index in [2.05, 4.69) is 4.98 Å². The number of hydrogen-bond donors (Lipinski definition) is 1. The summed E-state index contributed by atoms with van der Waals surface area (Å²) >= 11 is 13.6. The fourth-order valence-corrected chi connectivity index (χ4v) is 3.19. The zero-order valence-electron chi connectivity index (χ0n) is 10.2. The molecule has 20 heavy (non-hydrogen) atoms. The number of hydrogen-bond acceptors (Lipinski definition) is 3. The molecule has 0 unspecified atom stereocenters. The van der Waals surface area contributed by atoms with Gasteiger partial charge in [0.2, 0.25) is 0 Å². The molecule has 0 aliphatic heterocycles. The average Bonchev–Trinajstić information content (AvgIpc) is 2.88. The number of halogens is 2. The number of thiazole rings is 1. The second-order valence-corrected chi connectivity index (χ2v) is 5.91. The van der Waals surface area contributed by atoms with Crippen LogP contribution in [0.1, 0.15) is 0 Å². The lowest BCUT2D eigenvalue weighted by atomic mass is 10.2. The third kappa shape index (κ3) is 2.66. The lowest BCUT2D eigenvalue weighted by Crippen LogP contribution is -1.81. The van der Waals surface area contributed by atoms with Crippen LogP contribution in [-0.4, -0.2) is 10.1 Å². The highest BCUT2D eigenvalue weighted by molar-refractivity contribution is 7.13. The molecular weight excluding hydrogens is 313 g/mol. The van der Waals surface area contributed by atoms with Gasteiger partial charge < -0.3 is 5.11 Å². The van der Waals surface area contributed by atoms with E-state index in [9.17, 15) is 5.11 Å². The maximum absolute atomic E-state index is 9.51. The van der Waals surface area contributed by atoms with E-state index in [1.807, 2.05) is 17.5 Å². The number of rotatable bonds is 2. The van der Waals surface area contributed by atoms with E-state index in [-0.39, 0.29) is 5.75 Å². The van der Waals surface area contributed by atoms with Gasteiger partial charge in [0.25, 0.3) is 0 Å². The predicted molar refractivity (Wildman–Crippen MR) is 84.7 cm³/mol. The third-order valence-corrected chi connectivity index (χ3v) is 4.24. The topological polar surface area (TPSA) is 33.1 Å². The van der Waals surface area contributed by atoms with Crippen LogP contribution in [0.25, 0.3) is 21.8 Å². The van der Waals surface area contributed by atoms with Crippen molar-refractivity contribution >= 4 is 34.5 Å². The summed E-state index contributed by atoms with van der Waals surface area (Å²) in [6, 6.07) is 12.4. The summed E-state index contributed by atoms with van der Waals surface area (Å²) in [5.74, 6) is 0.226. The van der Waals surface area contributed by atoms with Crippen molar-refractivity contribution in [3.05, 3.63) is 57.9 Å². The van der Waals surface area contributed by atoms with Crippen LogP contribution in [-0.2, 0) is 0 Å². The molecule has 100 valence electrons. The van der Waals surface area contributed by atoms with Gasteiger partial charge in [0.15, 0.2) is 0 Å². The van der Waals surface area contributed by atoms with Gasteiger partial charge in [-0.05, 0) is 30.3 Å². The molecule has 0 saturated carbocycles. The highest BCUT2D eigenvalue weighted by Gasteiger charge is 2.10. The van der Waals surface area contributed by atoms with E-state index in [4.69, 9.17) is 23.2 Å². The van der Waals surface area contributed by atoms with E-state index < -0.39 is 0 Å². The number of benzene rings is 2. The van der Waals surface area contributed by atoms with Gasteiger partial charge in [0.1, 0.15) is 10.8 Å². The molecule has 2 nitrogen and oxygen atoms in total.